The molecule has 4 nitrogen and oxygen atoms in total. The molecule has 0 radical (unpaired) electrons. The first kappa shape index (κ1) is 11.8. The Bertz CT molecular complexity index is 526. The van der Waals surface area contributed by atoms with E-state index < -0.39 is 0 Å². The minimum Gasteiger partial charge on any atom is -0.476 e. The molecule has 0 atom stereocenters. The van der Waals surface area contributed by atoms with Crippen LogP contribution in [0.4, 0.5) is 0 Å². The molecule has 2 rings (SSSR count). The summed E-state index contributed by atoms with van der Waals surface area (Å²) in [7, 11) is 0. The number of ether oxygens (including phenoxy) is 1. The van der Waals surface area contributed by atoms with Crippen LogP contribution in [0.2, 0.25) is 0 Å². The number of rotatable bonds is 4. The number of aromatic nitrogens is 2. The van der Waals surface area contributed by atoms with E-state index >= 15 is 0 Å². The van der Waals surface area contributed by atoms with Gasteiger partial charge in [0, 0.05) is 13.0 Å². The van der Waals surface area contributed by atoms with Gasteiger partial charge >= 0.3 is 0 Å². The predicted octanol–water partition coefficient (Wildman–Crippen LogP) is 2.01. The van der Waals surface area contributed by atoms with E-state index in [9.17, 15) is 0 Å². The van der Waals surface area contributed by atoms with Gasteiger partial charge in [0.15, 0.2) is 0 Å². The van der Waals surface area contributed by atoms with E-state index in [4.69, 9.17) is 9.84 Å². The third kappa shape index (κ3) is 2.71. The number of aryl methyl sites for hydroxylation is 2. The van der Waals surface area contributed by atoms with Gasteiger partial charge in [-0.05, 0) is 37.1 Å². The number of hydrogen-bond acceptors (Lipinski definition) is 4. The molecule has 0 bridgehead atoms. The summed E-state index contributed by atoms with van der Waals surface area (Å²) in [6.45, 7) is 4.69. The van der Waals surface area contributed by atoms with E-state index in [1.54, 1.807) is 6.20 Å². The molecule has 90 valence electrons. The Hall–Kier alpha value is -1.68. The summed E-state index contributed by atoms with van der Waals surface area (Å²) in [6, 6.07) is 4.03. The van der Waals surface area contributed by atoms with Crippen LogP contribution in [0.5, 0.6) is 5.88 Å². The van der Waals surface area contributed by atoms with Gasteiger partial charge in [-0.2, -0.15) is 0 Å². The van der Waals surface area contributed by atoms with Crippen molar-refractivity contribution in [3.8, 4) is 5.88 Å². The molecule has 0 aliphatic carbocycles. The van der Waals surface area contributed by atoms with Crippen molar-refractivity contribution < 1.29 is 9.84 Å². The second kappa shape index (κ2) is 5.10. The Balaban J connectivity index is 2.27. The molecule has 1 aromatic carbocycles. The maximum atomic E-state index is 8.67. The van der Waals surface area contributed by atoms with Gasteiger partial charge in [-0.15, -0.1) is 0 Å². The fraction of sp³-hybridized carbons (Fsp3) is 0.385. The molecular formula is C13H16N2O2. The van der Waals surface area contributed by atoms with Crippen molar-refractivity contribution in [1.29, 1.82) is 0 Å². The highest BCUT2D eigenvalue weighted by atomic mass is 16.5. The smallest absolute Gasteiger partial charge is 0.232 e. The lowest BCUT2D eigenvalue weighted by Gasteiger charge is -2.06. The largest absolute Gasteiger partial charge is 0.476 e. The third-order valence-electron chi connectivity index (χ3n) is 2.69. The highest BCUT2D eigenvalue weighted by molar-refractivity contribution is 5.76. The van der Waals surface area contributed by atoms with Crippen LogP contribution in [0.15, 0.2) is 18.3 Å². The lowest BCUT2D eigenvalue weighted by molar-refractivity contribution is 0.229. The average Bonchev–Trinajstić information content (AvgIpc) is 2.31. The first-order valence-corrected chi connectivity index (χ1v) is 5.68. The predicted molar refractivity (Wildman–Crippen MR) is 66.2 cm³/mol. The van der Waals surface area contributed by atoms with Gasteiger partial charge in [0.05, 0.1) is 23.8 Å². The van der Waals surface area contributed by atoms with Crippen LogP contribution in [0.1, 0.15) is 17.5 Å². The molecule has 0 saturated carbocycles. The zero-order valence-electron chi connectivity index (χ0n) is 10.1. The molecule has 1 N–H and O–H groups in total. The van der Waals surface area contributed by atoms with E-state index in [0.717, 1.165) is 11.0 Å². The van der Waals surface area contributed by atoms with Crippen LogP contribution in [-0.4, -0.2) is 28.3 Å². The van der Waals surface area contributed by atoms with Crippen molar-refractivity contribution >= 4 is 11.0 Å². The molecule has 0 aliphatic rings. The van der Waals surface area contributed by atoms with E-state index in [1.165, 1.54) is 11.1 Å². The SMILES string of the molecule is Cc1cc2ncc(OCCCO)nc2cc1C. The maximum Gasteiger partial charge on any atom is 0.232 e. The zero-order valence-corrected chi connectivity index (χ0v) is 10.1. The van der Waals surface area contributed by atoms with Gasteiger partial charge < -0.3 is 9.84 Å². The Morgan fingerprint density at radius 1 is 1.18 bits per heavy atom. The number of aliphatic hydroxyl groups is 1. The Morgan fingerprint density at radius 2 is 1.88 bits per heavy atom. The molecular weight excluding hydrogens is 216 g/mol. The number of aliphatic hydroxyl groups excluding tert-OH is 1. The second-order valence-corrected chi connectivity index (χ2v) is 4.06. The molecule has 17 heavy (non-hydrogen) atoms. The summed E-state index contributed by atoms with van der Waals surface area (Å²) in [6.07, 6.45) is 2.22. The van der Waals surface area contributed by atoms with Crippen molar-refractivity contribution in [3.63, 3.8) is 0 Å². The molecule has 0 aliphatic heterocycles. The lowest BCUT2D eigenvalue weighted by Crippen LogP contribution is -2.02. The lowest BCUT2D eigenvalue weighted by atomic mass is 10.1. The van der Waals surface area contributed by atoms with Gasteiger partial charge in [0.25, 0.3) is 0 Å². The molecule has 0 spiro atoms. The molecule has 1 heterocycles. The van der Waals surface area contributed by atoms with Crippen LogP contribution in [0.25, 0.3) is 11.0 Å². The summed E-state index contributed by atoms with van der Waals surface area (Å²) in [5, 5.41) is 8.67. The van der Waals surface area contributed by atoms with Crippen molar-refractivity contribution in [1.82, 2.24) is 9.97 Å². The molecule has 0 amide bonds. The average molecular weight is 232 g/mol. The monoisotopic (exact) mass is 232 g/mol. The van der Waals surface area contributed by atoms with Gasteiger partial charge in [-0.3, -0.25) is 0 Å². The minimum absolute atomic E-state index is 0.124. The Kier molecular flexibility index (Phi) is 3.54. The molecule has 0 saturated heterocycles. The normalized spacial score (nSPS) is 10.8. The summed E-state index contributed by atoms with van der Waals surface area (Å²) < 4.78 is 5.39. The van der Waals surface area contributed by atoms with Crippen molar-refractivity contribution in [2.75, 3.05) is 13.2 Å². The van der Waals surface area contributed by atoms with Crippen molar-refractivity contribution in [3.05, 3.63) is 29.5 Å². The van der Waals surface area contributed by atoms with Crippen LogP contribution >= 0.6 is 0 Å². The van der Waals surface area contributed by atoms with E-state index in [0.29, 0.717) is 18.9 Å². The molecule has 0 fully saturated rings. The highest BCUT2D eigenvalue weighted by Crippen LogP contribution is 2.18. The number of nitrogens with zero attached hydrogens (tertiary/aromatic N) is 2. The van der Waals surface area contributed by atoms with Crippen LogP contribution < -0.4 is 4.74 Å². The topological polar surface area (TPSA) is 55.2 Å². The van der Waals surface area contributed by atoms with Gasteiger partial charge in [0.1, 0.15) is 0 Å². The van der Waals surface area contributed by atoms with E-state index in [1.807, 2.05) is 12.1 Å². The number of hydrogen-bond donors (Lipinski definition) is 1. The number of fused-ring (bicyclic) bond motifs is 1. The van der Waals surface area contributed by atoms with Crippen LogP contribution in [-0.2, 0) is 0 Å². The maximum absolute atomic E-state index is 8.67. The first-order valence-electron chi connectivity index (χ1n) is 5.68. The first-order chi connectivity index (χ1) is 8.20. The van der Waals surface area contributed by atoms with Gasteiger partial charge in [0.2, 0.25) is 5.88 Å². The van der Waals surface area contributed by atoms with Gasteiger partial charge in [-0.25, -0.2) is 9.97 Å². The quantitative estimate of drug-likeness (QED) is 0.819. The standard InChI is InChI=1S/C13H16N2O2/c1-9-6-11-12(7-10(9)2)15-13(8-14-11)17-5-3-4-16/h6-8,16H,3-5H2,1-2H3. The molecule has 1 aromatic heterocycles. The molecule has 4 heteroatoms. The third-order valence-corrected chi connectivity index (χ3v) is 2.69. The highest BCUT2D eigenvalue weighted by Gasteiger charge is 2.03. The molecule has 0 unspecified atom stereocenters. The second-order valence-electron chi connectivity index (χ2n) is 4.06. The summed E-state index contributed by atoms with van der Waals surface area (Å²) in [5.74, 6) is 0.509. The van der Waals surface area contributed by atoms with E-state index in [2.05, 4.69) is 23.8 Å². The van der Waals surface area contributed by atoms with Gasteiger partial charge in [-0.1, -0.05) is 0 Å². The Morgan fingerprint density at radius 3 is 2.59 bits per heavy atom. The van der Waals surface area contributed by atoms with Crippen molar-refractivity contribution in [2.45, 2.75) is 20.3 Å². The van der Waals surface area contributed by atoms with E-state index in [-0.39, 0.29) is 6.61 Å². The zero-order chi connectivity index (χ0) is 12.3. The summed E-state index contributed by atoms with van der Waals surface area (Å²) in [5.41, 5.74) is 4.12. The van der Waals surface area contributed by atoms with Crippen molar-refractivity contribution in [2.24, 2.45) is 0 Å². The van der Waals surface area contributed by atoms with Crippen LogP contribution in [0, 0.1) is 13.8 Å². The molecule has 2 aromatic rings. The minimum atomic E-state index is 0.124. The van der Waals surface area contributed by atoms with Crippen LogP contribution in [0.3, 0.4) is 0 Å². The Labute approximate surface area is 100 Å². The summed E-state index contributed by atoms with van der Waals surface area (Å²) in [4.78, 5) is 8.69. The fourth-order valence-electron chi connectivity index (χ4n) is 1.56. The summed E-state index contributed by atoms with van der Waals surface area (Å²) >= 11 is 0. The number of benzene rings is 1. The fourth-order valence-corrected chi connectivity index (χ4v) is 1.56.